The minimum absolute atomic E-state index is 0. The number of carboxylic acids is 2. The van der Waals surface area contributed by atoms with Crippen LogP contribution in [-0.2, 0) is 26.4 Å². The maximum atomic E-state index is 9.77. The first-order valence-corrected chi connectivity index (χ1v) is 6.23. The molecule has 0 aromatic carbocycles. The number of aliphatic carboxylic acids is 2. The molecule has 0 aliphatic carbocycles. The van der Waals surface area contributed by atoms with E-state index in [1.54, 1.807) is 0 Å². The van der Waals surface area contributed by atoms with Crippen LogP contribution in [0.2, 0.25) is 0 Å². The smallest absolute Gasteiger partial charge is 0.335 e. The quantitative estimate of drug-likeness (QED) is 0.204. The third-order valence-corrected chi connectivity index (χ3v) is 1.31. The van der Waals surface area contributed by atoms with E-state index in [4.69, 9.17) is 54.8 Å². The molecule has 2 unspecified atom stereocenters. The molecule has 0 aliphatic rings. The minimum Gasteiger partial charge on any atom is -0.479 e. The number of rotatable bonds is 6. The summed E-state index contributed by atoms with van der Waals surface area (Å²) in [5.74, 6) is -3.54. The van der Waals surface area contributed by atoms with Crippen LogP contribution < -0.4 is 34.4 Å². The van der Waals surface area contributed by atoms with Gasteiger partial charge in [-0.15, -0.1) is 0 Å². The van der Waals surface area contributed by atoms with E-state index >= 15 is 0 Å². The molecule has 0 saturated heterocycles. The van der Waals surface area contributed by atoms with Gasteiger partial charge in [-0.3, -0.25) is 0 Å². The Kier molecular flexibility index (Phi) is 42.7. The molecule has 0 spiro atoms. The third kappa shape index (κ3) is 38.7. The summed E-state index contributed by atoms with van der Waals surface area (Å²) in [5.41, 5.74) is 29.4. The van der Waals surface area contributed by atoms with Crippen LogP contribution in [-0.4, -0.2) is 83.8 Å². The Hall–Kier alpha value is -0.874. The van der Waals surface area contributed by atoms with Crippen LogP contribution in [0, 0.1) is 0 Å². The number of carboxylic acid groups (broad SMARTS) is 2. The normalized spacial score (nSPS) is 10.8. The standard InChI is InChI=1S/C4H6O6.3C2H8N2.Co/c5-1(3(7)8)2(6)4(9)10;3*3-1-2-4;/h1-2,5-6H,(H,7,8)(H,9,10);3*1-4H2;. The molecule has 0 aliphatic heterocycles. The summed E-state index contributed by atoms with van der Waals surface area (Å²) in [7, 11) is 0. The molecular formula is C10H30CoN6O6. The molecule has 2 atom stereocenters. The van der Waals surface area contributed by atoms with Crippen molar-refractivity contribution in [3.05, 3.63) is 0 Å². The maximum absolute atomic E-state index is 9.77. The second-order valence-corrected chi connectivity index (χ2v) is 3.30. The Morgan fingerprint density at radius 1 is 0.609 bits per heavy atom. The van der Waals surface area contributed by atoms with Gasteiger partial charge in [-0.2, -0.15) is 0 Å². The fourth-order valence-corrected chi connectivity index (χ4v) is 0.270. The van der Waals surface area contributed by atoms with Crippen molar-refractivity contribution in [3.63, 3.8) is 0 Å². The monoisotopic (exact) mass is 389 g/mol. The molecule has 0 aromatic heterocycles. The summed E-state index contributed by atoms with van der Waals surface area (Å²) in [4.78, 5) is 19.5. The van der Waals surface area contributed by atoms with E-state index in [9.17, 15) is 9.59 Å². The van der Waals surface area contributed by atoms with Crippen molar-refractivity contribution in [3.8, 4) is 0 Å². The SMILES string of the molecule is NCCN.NCCN.NCCN.O=C(O)C(O)C(O)C(=O)O.[Co]. The van der Waals surface area contributed by atoms with E-state index < -0.39 is 24.1 Å². The van der Waals surface area contributed by atoms with Crippen LogP contribution in [0.1, 0.15) is 0 Å². The number of hydrogen-bond acceptors (Lipinski definition) is 10. The average molecular weight is 389 g/mol. The van der Waals surface area contributed by atoms with Crippen molar-refractivity contribution < 1.29 is 46.8 Å². The van der Waals surface area contributed by atoms with E-state index in [1.165, 1.54) is 0 Å². The first-order valence-electron chi connectivity index (χ1n) is 6.23. The van der Waals surface area contributed by atoms with E-state index in [0.29, 0.717) is 39.3 Å². The van der Waals surface area contributed by atoms with Crippen molar-refractivity contribution in [2.24, 2.45) is 34.4 Å². The van der Waals surface area contributed by atoms with Gasteiger partial charge < -0.3 is 54.8 Å². The molecule has 13 heteroatoms. The van der Waals surface area contributed by atoms with Crippen molar-refractivity contribution in [2.45, 2.75) is 12.2 Å². The number of hydrogen-bond donors (Lipinski definition) is 10. The Labute approximate surface area is 145 Å². The summed E-state index contributed by atoms with van der Waals surface area (Å²) in [6, 6.07) is 0. The van der Waals surface area contributed by atoms with Crippen molar-refractivity contribution in [2.75, 3.05) is 39.3 Å². The van der Waals surface area contributed by atoms with Gasteiger partial charge in [0.2, 0.25) is 0 Å². The van der Waals surface area contributed by atoms with Crippen LogP contribution in [0.15, 0.2) is 0 Å². The minimum atomic E-state index is -2.27. The molecule has 0 amide bonds. The Morgan fingerprint density at radius 2 is 0.739 bits per heavy atom. The van der Waals surface area contributed by atoms with Gasteiger partial charge in [-0.05, 0) is 0 Å². The van der Waals surface area contributed by atoms with Gasteiger partial charge in [0, 0.05) is 56.0 Å². The van der Waals surface area contributed by atoms with Crippen LogP contribution in [0.3, 0.4) is 0 Å². The van der Waals surface area contributed by atoms with E-state index in [-0.39, 0.29) is 16.8 Å². The zero-order valence-corrected chi connectivity index (χ0v) is 13.8. The summed E-state index contributed by atoms with van der Waals surface area (Å²) >= 11 is 0. The molecule has 16 N–H and O–H groups in total. The Bertz CT molecular complexity index is 218. The van der Waals surface area contributed by atoms with Crippen molar-refractivity contribution in [1.82, 2.24) is 0 Å². The number of nitrogens with two attached hydrogens (primary N) is 6. The number of carbonyl (C=O) groups is 2. The number of aliphatic hydroxyl groups is 2. The summed E-state index contributed by atoms with van der Waals surface area (Å²) in [6.07, 6.45) is -4.53. The van der Waals surface area contributed by atoms with Gasteiger partial charge >= 0.3 is 11.9 Å². The van der Waals surface area contributed by atoms with Gasteiger partial charge in [0.25, 0.3) is 0 Å². The van der Waals surface area contributed by atoms with Crippen LogP contribution in [0.4, 0.5) is 0 Å². The summed E-state index contributed by atoms with van der Waals surface area (Å²) in [5, 5.41) is 32.5. The molecular weight excluding hydrogens is 359 g/mol. The molecule has 145 valence electrons. The largest absolute Gasteiger partial charge is 0.479 e. The van der Waals surface area contributed by atoms with Gasteiger partial charge in [0.05, 0.1) is 0 Å². The van der Waals surface area contributed by atoms with Crippen LogP contribution in [0.25, 0.3) is 0 Å². The molecule has 0 bridgehead atoms. The third-order valence-electron chi connectivity index (χ3n) is 1.31. The predicted molar refractivity (Wildman–Crippen MR) is 81.6 cm³/mol. The number of aliphatic hydroxyl groups excluding tert-OH is 2. The zero-order valence-electron chi connectivity index (χ0n) is 12.8. The Morgan fingerprint density at radius 3 is 0.783 bits per heavy atom. The van der Waals surface area contributed by atoms with Gasteiger partial charge in [0.1, 0.15) is 0 Å². The molecule has 0 heterocycles. The topological polar surface area (TPSA) is 271 Å². The molecule has 0 saturated carbocycles. The fourth-order valence-electron chi connectivity index (χ4n) is 0.270. The second-order valence-electron chi connectivity index (χ2n) is 3.30. The van der Waals surface area contributed by atoms with Crippen molar-refractivity contribution in [1.29, 1.82) is 0 Å². The first-order chi connectivity index (χ1) is 10.2. The van der Waals surface area contributed by atoms with Crippen LogP contribution in [0.5, 0.6) is 0 Å². The van der Waals surface area contributed by atoms with Crippen LogP contribution >= 0.6 is 0 Å². The molecule has 1 radical (unpaired) electrons. The van der Waals surface area contributed by atoms with Crippen molar-refractivity contribution >= 4 is 11.9 Å². The first kappa shape index (κ1) is 33.7. The Balaban J connectivity index is -0.0000000700. The predicted octanol–water partition coefficient (Wildman–Crippen LogP) is -5.41. The van der Waals surface area contributed by atoms with E-state index in [1.807, 2.05) is 0 Å². The maximum Gasteiger partial charge on any atom is 0.335 e. The van der Waals surface area contributed by atoms with E-state index in [0.717, 1.165) is 0 Å². The fraction of sp³-hybridized carbons (Fsp3) is 0.800. The van der Waals surface area contributed by atoms with Gasteiger partial charge in [-0.25, -0.2) is 9.59 Å². The molecule has 0 fully saturated rings. The summed E-state index contributed by atoms with van der Waals surface area (Å²) < 4.78 is 0. The molecule has 0 aromatic rings. The van der Waals surface area contributed by atoms with E-state index in [2.05, 4.69) is 0 Å². The summed E-state index contributed by atoms with van der Waals surface area (Å²) in [6.45, 7) is 3.58. The van der Waals surface area contributed by atoms with Gasteiger partial charge in [0.15, 0.2) is 12.2 Å². The molecule has 23 heavy (non-hydrogen) atoms. The molecule has 12 nitrogen and oxygen atoms in total. The zero-order chi connectivity index (χ0) is 18.6. The second kappa shape index (κ2) is 29.2. The average Bonchev–Trinajstić information content (AvgIpc) is 2.53. The molecule has 0 rings (SSSR count). The van der Waals surface area contributed by atoms with Gasteiger partial charge in [-0.1, -0.05) is 0 Å².